The van der Waals surface area contributed by atoms with E-state index < -0.39 is 0 Å². The van der Waals surface area contributed by atoms with Crippen molar-refractivity contribution in [1.82, 2.24) is 4.90 Å². The molecular weight excluding hydrogens is 234 g/mol. The van der Waals surface area contributed by atoms with Gasteiger partial charge in [-0.1, -0.05) is 37.1 Å². The molecule has 0 N–H and O–H groups in total. The van der Waals surface area contributed by atoms with Crippen LogP contribution in [0.2, 0.25) is 0 Å². The number of nitrogens with zero attached hydrogens (tertiary/aromatic N) is 1. The zero-order chi connectivity index (χ0) is 13.1. The number of hydrogen-bond acceptors (Lipinski definition) is 2. The van der Waals surface area contributed by atoms with Gasteiger partial charge in [-0.25, -0.2) is 0 Å². The second-order valence-electron chi connectivity index (χ2n) is 6.02. The Hall–Kier alpha value is -1.15. The fraction of sp³-hybridized carbons (Fsp3) is 0.588. The van der Waals surface area contributed by atoms with Gasteiger partial charge in [0.2, 0.25) is 0 Å². The summed E-state index contributed by atoms with van der Waals surface area (Å²) >= 11 is 0. The smallest absolute Gasteiger partial charge is 0.137 e. The molecule has 2 nitrogen and oxygen atoms in total. The lowest BCUT2D eigenvalue weighted by molar-refractivity contribution is -0.123. The van der Waals surface area contributed by atoms with Crippen LogP contribution in [0.3, 0.4) is 0 Å². The molecule has 1 atom stereocenters. The SMILES string of the molecule is O=C1CCCCCC1CN1CCc2ccccc2C1. The molecule has 1 unspecified atom stereocenters. The lowest BCUT2D eigenvalue weighted by Gasteiger charge is -2.31. The first-order valence-corrected chi connectivity index (χ1v) is 7.65. The largest absolute Gasteiger partial charge is 0.299 e. The van der Waals surface area contributed by atoms with Crippen molar-refractivity contribution in [3.8, 4) is 0 Å². The number of hydrogen-bond donors (Lipinski definition) is 0. The van der Waals surface area contributed by atoms with Crippen LogP contribution in [0.15, 0.2) is 24.3 Å². The predicted molar refractivity (Wildman–Crippen MR) is 77.0 cm³/mol. The third-order valence-electron chi connectivity index (χ3n) is 4.62. The quantitative estimate of drug-likeness (QED) is 0.758. The Labute approximate surface area is 115 Å². The van der Waals surface area contributed by atoms with E-state index in [9.17, 15) is 4.79 Å². The fourth-order valence-electron chi connectivity index (χ4n) is 3.45. The van der Waals surface area contributed by atoms with E-state index in [1.807, 2.05) is 0 Å². The summed E-state index contributed by atoms with van der Waals surface area (Å²) in [5.74, 6) is 0.809. The highest BCUT2D eigenvalue weighted by Crippen LogP contribution is 2.24. The van der Waals surface area contributed by atoms with E-state index in [4.69, 9.17) is 0 Å². The molecule has 3 rings (SSSR count). The van der Waals surface area contributed by atoms with Crippen molar-refractivity contribution < 1.29 is 4.79 Å². The second kappa shape index (κ2) is 5.87. The van der Waals surface area contributed by atoms with E-state index in [1.54, 1.807) is 0 Å². The van der Waals surface area contributed by atoms with Crippen LogP contribution in [0.1, 0.15) is 43.2 Å². The number of carbonyl (C=O) groups excluding carboxylic acids is 1. The van der Waals surface area contributed by atoms with Crippen molar-refractivity contribution in [3.05, 3.63) is 35.4 Å². The summed E-state index contributed by atoms with van der Waals surface area (Å²) in [4.78, 5) is 14.6. The van der Waals surface area contributed by atoms with Crippen molar-refractivity contribution in [1.29, 1.82) is 0 Å². The van der Waals surface area contributed by atoms with Gasteiger partial charge < -0.3 is 0 Å². The maximum Gasteiger partial charge on any atom is 0.137 e. The molecular formula is C17H23NO. The fourth-order valence-corrected chi connectivity index (χ4v) is 3.45. The summed E-state index contributed by atoms with van der Waals surface area (Å²) in [6.07, 6.45) is 6.65. The van der Waals surface area contributed by atoms with Crippen LogP contribution in [-0.4, -0.2) is 23.8 Å². The molecule has 19 heavy (non-hydrogen) atoms. The van der Waals surface area contributed by atoms with Crippen LogP contribution < -0.4 is 0 Å². The van der Waals surface area contributed by atoms with Crippen LogP contribution in [0.25, 0.3) is 0 Å². The molecule has 1 aliphatic heterocycles. The van der Waals surface area contributed by atoms with Gasteiger partial charge in [-0.05, 0) is 30.4 Å². The maximum atomic E-state index is 12.1. The summed E-state index contributed by atoms with van der Waals surface area (Å²) in [5.41, 5.74) is 2.95. The minimum atomic E-state index is 0.299. The van der Waals surface area contributed by atoms with Gasteiger partial charge in [0, 0.05) is 32.0 Å². The first-order chi connectivity index (χ1) is 9.33. The minimum Gasteiger partial charge on any atom is -0.299 e. The molecule has 0 radical (unpaired) electrons. The molecule has 2 heteroatoms. The van der Waals surface area contributed by atoms with Crippen LogP contribution in [0, 0.1) is 5.92 Å². The molecule has 102 valence electrons. The Balaban J connectivity index is 1.63. The highest BCUT2D eigenvalue weighted by atomic mass is 16.1. The molecule has 1 saturated carbocycles. The predicted octanol–water partition coefficient (Wildman–Crippen LogP) is 3.19. The first-order valence-electron chi connectivity index (χ1n) is 7.65. The summed E-state index contributed by atoms with van der Waals surface area (Å²) in [5, 5.41) is 0. The lowest BCUT2D eigenvalue weighted by atomic mass is 9.95. The van der Waals surface area contributed by atoms with Crippen molar-refractivity contribution in [2.45, 2.75) is 45.1 Å². The summed E-state index contributed by atoms with van der Waals surface area (Å²) in [6, 6.07) is 8.72. The van der Waals surface area contributed by atoms with E-state index >= 15 is 0 Å². The van der Waals surface area contributed by atoms with Crippen LogP contribution in [0.4, 0.5) is 0 Å². The Morgan fingerprint density at radius 1 is 1.05 bits per heavy atom. The summed E-state index contributed by atoms with van der Waals surface area (Å²) < 4.78 is 0. The summed E-state index contributed by atoms with van der Waals surface area (Å²) in [6.45, 7) is 3.12. The monoisotopic (exact) mass is 257 g/mol. The van der Waals surface area contributed by atoms with Gasteiger partial charge in [0.15, 0.2) is 0 Å². The van der Waals surface area contributed by atoms with Gasteiger partial charge in [-0.3, -0.25) is 9.69 Å². The molecule has 1 fully saturated rings. The van der Waals surface area contributed by atoms with Crippen molar-refractivity contribution in [3.63, 3.8) is 0 Å². The molecule has 2 aliphatic rings. The molecule has 1 aliphatic carbocycles. The van der Waals surface area contributed by atoms with Gasteiger partial charge in [-0.15, -0.1) is 0 Å². The van der Waals surface area contributed by atoms with Gasteiger partial charge in [0.05, 0.1) is 0 Å². The Morgan fingerprint density at radius 3 is 2.79 bits per heavy atom. The zero-order valence-electron chi connectivity index (χ0n) is 11.6. The number of carbonyl (C=O) groups is 1. The molecule has 1 heterocycles. The average Bonchev–Trinajstić information content (AvgIpc) is 2.64. The molecule has 0 saturated heterocycles. The van der Waals surface area contributed by atoms with Gasteiger partial charge >= 0.3 is 0 Å². The molecule has 0 amide bonds. The molecule has 0 bridgehead atoms. The topological polar surface area (TPSA) is 20.3 Å². The Morgan fingerprint density at radius 2 is 1.89 bits per heavy atom. The summed E-state index contributed by atoms with van der Waals surface area (Å²) in [7, 11) is 0. The Kier molecular flexibility index (Phi) is 3.97. The lowest BCUT2D eigenvalue weighted by Crippen LogP contribution is -2.36. The van der Waals surface area contributed by atoms with Crippen LogP contribution in [-0.2, 0) is 17.8 Å². The average molecular weight is 257 g/mol. The molecule has 1 aromatic rings. The number of Topliss-reactive ketones (excluding diaryl/α,β-unsaturated/α-hetero) is 1. The van der Waals surface area contributed by atoms with Gasteiger partial charge in [0.25, 0.3) is 0 Å². The van der Waals surface area contributed by atoms with Crippen LogP contribution >= 0.6 is 0 Å². The maximum absolute atomic E-state index is 12.1. The van der Waals surface area contributed by atoms with E-state index in [0.717, 1.165) is 45.3 Å². The van der Waals surface area contributed by atoms with E-state index in [0.29, 0.717) is 11.7 Å². The number of fused-ring (bicyclic) bond motifs is 1. The third-order valence-corrected chi connectivity index (χ3v) is 4.62. The van der Waals surface area contributed by atoms with Crippen molar-refractivity contribution in [2.24, 2.45) is 5.92 Å². The zero-order valence-corrected chi connectivity index (χ0v) is 11.6. The number of ketones is 1. The van der Waals surface area contributed by atoms with Gasteiger partial charge in [0.1, 0.15) is 5.78 Å². The standard InChI is InChI=1S/C17H23NO/c19-17-9-3-1-2-8-16(17)13-18-11-10-14-6-4-5-7-15(14)12-18/h4-7,16H,1-3,8-13H2. The van der Waals surface area contributed by atoms with E-state index in [1.165, 1.54) is 24.0 Å². The third kappa shape index (κ3) is 3.06. The highest BCUT2D eigenvalue weighted by Gasteiger charge is 2.25. The first kappa shape index (κ1) is 12.9. The highest BCUT2D eigenvalue weighted by molar-refractivity contribution is 5.81. The molecule has 1 aromatic carbocycles. The van der Waals surface area contributed by atoms with Crippen molar-refractivity contribution >= 4 is 5.78 Å². The van der Waals surface area contributed by atoms with Crippen molar-refractivity contribution in [2.75, 3.05) is 13.1 Å². The Bertz CT molecular complexity index is 454. The molecule has 0 spiro atoms. The van der Waals surface area contributed by atoms with Gasteiger partial charge in [-0.2, -0.15) is 0 Å². The normalized spacial score (nSPS) is 24.8. The second-order valence-corrected chi connectivity index (χ2v) is 6.02. The number of benzene rings is 1. The molecule has 0 aromatic heterocycles. The van der Waals surface area contributed by atoms with E-state index in [-0.39, 0.29) is 0 Å². The van der Waals surface area contributed by atoms with Crippen LogP contribution in [0.5, 0.6) is 0 Å². The minimum absolute atomic E-state index is 0.299. The number of rotatable bonds is 2. The van der Waals surface area contributed by atoms with E-state index in [2.05, 4.69) is 29.2 Å².